The number of piperidine rings is 1. The molecule has 0 spiro atoms. The number of hydrogen-bond donors (Lipinski definition) is 1. The van der Waals surface area contributed by atoms with Crippen LogP contribution in [0.15, 0.2) is 0 Å². The highest BCUT2D eigenvalue weighted by Crippen LogP contribution is 2.22. The number of carbonyl (C=O) groups is 2. The topological polar surface area (TPSA) is 55.9 Å². The van der Waals surface area contributed by atoms with Gasteiger partial charge in [0.15, 0.2) is 0 Å². The fourth-order valence-corrected chi connectivity index (χ4v) is 3.33. The van der Waals surface area contributed by atoms with Crippen LogP contribution in [0.5, 0.6) is 0 Å². The van der Waals surface area contributed by atoms with Crippen molar-refractivity contribution in [2.24, 2.45) is 0 Å². The Balaban J connectivity index is 1.42. The summed E-state index contributed by atoms with van der Waals surface area (Å²) >= 11 is 0. The summed E-state index contributed by atoms with van der Waals surface area (Å²) in [4.78, 5) is 30.2. The summed E-state index contributed by atoms with van der Waals surface area (Å²) in [5.74, 6) is 0.158. The second-order valence-corrected chi connectivity index (χ2v) is 6.40. The van der Waals surface area contributed by atoms with Crippen molar-refractivity contribution in [1.29, 1.82) is 0 Å². The third-order valence-corrected chi connectivity index (χ3v) is 4.82. The molecule has 3 rings (SSSR count). The molecule has 0 atom stereocenters. The van der Waals surface area contributed by atoms with Crippen molar-refractivity contribution in [1.82, 2.24) is 20.0 Å². The van der Waals surface area contributed by atoms with E-state index in [4.69, 9.17) is 0 Å². The quantitative estimate of drug-likeness (QED) is 0.803. The number of rotatable bonds is 5. The van der Waals surface area contributed by atoms with E-state index in [2.05, 4.69) is 10.2 Å². The van der Waals surface area contributed by atoms with Gasteiger partial charge in [0.25, 0.3) is 0 Å². The van der Waals surface area contributed by atoms with Gasteiger partial charge in [-0.3, -0.25) is 9.69 Å². The number of amides is 3. The van der Waals surface area contributed by atoms with Gasteiger partial charge in [0.2, 0.25) is 5.91 Å². The van der Waals surface area contributed by atoms with Crippen LogP contribution in [0.1, 0.15) is 32.6 Å². The van der Waals surface area contributed by atoms with Crippen LogP contribution < -0.4 is 5.32 Å². The van der Waals surface area contributed by atoms with Crippen LogP contribution in [0.4, 0.5) is 4.79 Å². The molecule has 118 valence electrons. The zero-order valence-electron chi connectivity index (χ0n) is 12.9. The Morgan fingerprint density at radius 2 is 1.86 bits per heavy atom. The summed E-state index contributed by atoms with van der Waals surface area (Å²) in [6.45, 7) is 6.90. The maximum absolute atomic E-state index is 12.2. The molecule has 1 saturated carbocycles. The van der Waals surface area contributed by atoms with E-state index in [0.717, 1.165) is 58.4 Å². The molecule has 0 radical (unpaired) electrons. The molecular weight excluding hydrogens is 268 g/mol. The Morgan fingerprint density at radius 3 is 2.43 bits per heavy atom. The molecule has 0 bridgehead atoms. The molecule has 6 heteroatoms. The van der Waals surface area contributed by atoms with E-state index in [0.29, 0.717) is 18.6 Å². The molecule has 3 amide bonds. The highest BCUT2D eigenvalue weighted by Gasteiger charge is 2.34. The highest BCUT2D eigenvalue weighted by atomic mass is 16.2. The van der Waals surface area contributed by atoms with Crippen molar-refractivity contribution in [3.05, 3.63) is 0 Å². The van der Waals surface area contributed by atoms with Crippen LogP contribution in [-0.2, 0) is 4.79 Å². The van der Waals surface area contributed by atoms with Crippen molar-refractivity contribution < 1.29 is 9.59 Å². The molecule has 2 saturated heterocycles. The molecule has 6 nitrogen and oxygen atoms in total. The van der Waals surface area contributed by atoms with Gasteiger partial charge in [0.05, 0.1) is 6.54 Å². The molecule has 3 fully saturated rings. The molecule has 0 unspecified atom stereocenters. The third kappa shape index (κ3) is 3.48. The first kappa shape index (κ1) is 14.6. The van der Waals surface area contributed by atoms with Gasteiger partial charge in [0.1, 0.15) is 0 Å². The lowest BCUT2D eigenvalue weighted by molar-refractivity contribution is -0.122. The fourth-order valence-electron chi connectivity index (χ4n) is 3.33. The van der Waals surface area contributed by atoms with Crippen LogP contribution in [0.2, 0.25) is 0 Å². The van der Waals surface area contributed by atoms with Gasteiger partial charge < -0.3 is 15.1 Å². The minimum atomic E-state index is 0.158. The first-order valence-corrected chi connectivity index (χ1v) is 8.24. The molecular formula is C15H26N4O2. The van der Waals surface area contributed by atoms with Crippen LogP contribution >= 0.6 is 0 Å². The third-order valence-electron chi connectivity index (χ3n) is 4.82. The first-order valence-electron chi connectivity index (χ1n) is 8.24. The van der Waals surface area contributed by atoms with Gasteiger partial charge in [-0.1, -0.05) is 0 Å². The van der Waals surface area contributed by atoms with Crippen LogP contribution in [-0.4, -0.2) is 78.0 Å². The molecule has 2 aliphatic heterocycles. The SMILES string of the molecule is CCN1CCN(C2CCN(CC(=O)NC3CC3)CC2)C1=O. The molecule has 3 aliphatic rings. The maximum Gasteiger partial charge on any atom is 0.320 e. The summed E-state index contributed by atoms with van der Waals surface area (Å²) in [7, 11) is 0. The van der Waals surface area contributed by atoms with Crippen molar-refractivity contribution >= 4 is 11.9 Å². The van der Waals surface area contributed by atoms with Crippen LogP contribution in [0.25, 0.3) is 0 Å². The predicted molar refractivity (Wildman–Crippen MR) is 80.0 cm³/mol. The average Bonchev–Trinajstić information content (AvgIpc) is 3.20. The lowest BCUT2D eigenvalue weighted by Crippen LogP contribution is -2.48. The number of likely N-dealkylation sites (N-methyl/N-ethyl adjacent to an activating group) is 1. The van der Waals surface area contributed by atoms with Crippen molar-refractivity contribution in [3.63, 3.8) is 0 Å². The van der Waals surface area contributed by atoms with Gasteiger partial charge in [-0.15, -0.1) is 0 Å². The highest BCUT2D eigenvalue weighted by molar-refractivity contribution is 5.78. The molecule has 2 heterocycles. The second-order valence-electron chi connectivity index (χ2n) is 6.40. The van der Waals surface area contributed by atoms with E-state index < -0.39 is 0 Å². The van der Waals surface area contributed by atoms with E-state index in [-0.39, 0.29) is 11.9 Å². The summed E-state index contributed by atoms with van der Waals surface area (Å²) in [6, 6.07) is 0.997. The van der Waals surface area contributed by atoms with E-state index >= 15 is 0 Å². The Bertz CT molecular complexity index is 402. The number of nitrogens with one attached hydrogen (secondary N) is 1. The summed E-state index contributed by atoms with van der Waals surface area (Å²) < 4.78 is 0. The van der Waals surface area contributed by atoms with Gasteiger partial charge >= 0.3 is 6.03 Å². The monoisotopic (exact) mass is 294 g/mol. The minimum absolute atomic E-state index is 0.158. The number of nitrogens with zero attached hydrogens (tertiary/aromatic N) is 3. The summed E-state index contributed by atoms with van der Waals surface area (Å²) in [5.41, 5.74) is 0. The van der Waals surface area contributed by atoms with E-state index in [1.165, 1.54) is 0 Å². The van der Waals surface area contributed by atoms with Gasteiger partial charge in [0, 0.05) is 44.8 Å². The molecule has 1 aliphatic carbocycles. The molecule has 0 aromatic rings. The average molecular weight is 294 g/mol. The zero-order valence-corrected chi connectivity index (χ0v) is 12.9. The second kappa shape index (κ2) is 6.22. The van der Waals surface area contributed by atoms with Crippen LogP contribution in [0.3, 0.4) is 0 Å². The molecule has 0 aromatic carbocycles. The smallest absolute Gasteiger partial charge is 0.320 e. The van der Waals surface area contributed by atoms with Gasteiger partial charge in [-0.25, -0.2) is 4.79 Å². The van der Waals surface area contributed by atoms with Crippen LogP contribution in [0, 0.1) is 0 Å². The zero-order chi connectivity index (χ0) is 14.8. The number of urea groups is 1. The number of hydrogen-bond acceptors (Lipinski definition) is 3. The minimum Gasteiger partial charge on any atom is -0.352 e. The van der Waals surface area contributed by atoms with Crippen molar-refractivity contribution in [3.8, 4) is 0 Å². The predicted octanol–water partition coefficient (Wildman–Crippen LogP) is 0.487. The van der Waals surface area contributed by atoms with E-state index in [9.17, 15) is 9.59 Å². The normalized spacial score (nSPS) is 24.7. The fraction of sp³-hybridized carbons (Fsp3) is 0.867. The summed E-state index contributed by atoms with van der Waals surface area (Å²) in [5, 5.41) is 3.04. The lowest BCUT2D eigenvalue weighted by Gasteiger charge is -2.36. The number of likely N-dealkylation sites (tertiary alicyclic amines) is 1. The number of carbonyl (C=O) groups excluding carboxylic acids is 2. The standard InChI is InChI=1S/C15H26N4O2/c1-2-18-9-10-19(15(18)21)13-5-7-17(8-6-13)11-14(20)16-12-3-4-12/h12-13H,2-11H2,1H3,(H,16,20). The maximum atomic E-state index is 12.2. The van der Waals surface area contributed by atoms with E-state index in [1.807, 2.05) is 16.7 Å². The van der Waals surface area contributed by atoms with Gasteiger partial charge in [-0.2, -0.15) is 0 Å². The Kier molecular flexibility index (Phi) is 4.33. The Labute approximate surface area is 126 Å². The van der Waals surface area contributed by atoms with E-state index in [1.54, 1.807) is 0 Å². The molecule has 1 N–H and O–H groups in total. The van der Waals surface area contributed by atoms with Crippen molar-refractivity contribution in [2.75, 3.05) is 39.3 Å². The Hall–Kier alpha value is -1.30. The van der Waals surface area contributed by atoms with Crippen molar-refractivity contribution in [2.45, 2.75) is 44.7 Å². The molecule has 21 heavy (non-hydrogen) atoms. The molecule has 0 aromatic heterocycles. The largest absolute Gasteiger partial charge is 0.352 e. The summed E-state index contributed by atoms with van der Waals surface area (Å²) in [6.07, 6.45) is 4.25. The Morgan fingerprint density at radius 1 is 1.14 bits per heavy atom. The van der Waals surface area contributed by atoms with Gasteiger partial charge in [-0.05, 0) is 32.6 Å². The lowest BCUT2D eigenvalue weighted by atomic mass is 10.0. The first-order chi connectivity index (χ1) is 10.2.